The molecule has 0 atom stereocenters. The summed E-state index contributed by atoms with van der Waals surface area (Å²) < 4.78 is 5.10. The van der Waals surface area contributed by atoms with Gasteiger partial charge in [0.25, 0.3) is 0 Å². The SMILES string of the molecule is CCC1(CNc2ccnc(OC)c2)CCC1. The average Bonchev–Trinajstić information content (AvgIpc) is 2.29. The smallest absolute Gasteiger partial charge is 0.214 e. The second kappa shape index (κ2) is 4.73. The van der Waals surface area contributed by atoms with Crippen molar-refractivity contribution in [3.63, 3.8) is 0 Å². The van der Waals surface area contributed by atoms with Crippen molar-refractivity contribution in [2.24, 2.45) is 5.41 Å². The molecule has 0 bridgehead atoms. The van der Waals surface area contributed by atoms with Gasteiger partial charge in [0.05, 0.1) is 7.11 Å². The number of nitrogens with zero attached hydrogens (tertiary/aromatic N) is 1. The summed E-state index contributed by atoms with van der Waals surface area (Å²) >= 11 is 0. The van der Waals surface area contributed by atoms with Crippen LogP contribution in [0.15, 0.2) is 18.3 Å². The second-order valence-corrected chi connectivity index (χ2v) is 4.65. The average molecular weight is 220 g/mol. The molecule has 0 unspecified atom stereocenters. The van der Waals surface area contributed by atoms with Crippen LogP contribution in [0.5, 0.6) is 5.88 Å². The highest BCUT2D eigenvalue weighted by Gasteiger charge is 2.34. The fourth-order valence-corrected chi connectivity index (χ4v) is 2.25. The first-order chi connectivity index (χ1) is 7.78. The maximum atomic E-state index is 5.10. The fraction of sp³-hybridized carbons (Fsp3) is 0.615. The molecule has 1 aromatic heterocycles. The van der Waals surface area contributed by atoms with Crippen molar-refractivity contribution in [1.82, 2.24) is 4.98 Å². The number of anilines is 1. The van der Waals surface area contributed by atoms with E-state index >= 15 is 0 Å². The number of methoxy groups -OCH3 is 1. The van der Waals surface area contributed by atoms with E-state index in [1.165, 1.54) is 25.7 Å². The maximum Gasteiger partial charge on any atom is 0.214 e. The normalized spacial score (nSPS) is 17.6. The summed E-state index contributed by atoms with van der Waals surface area (Å²) in [5, 5.41) is 3.49. The van der Waals surface area contributed by atoms with Crippen LogP contribution in [0.2, 0.25) is 0 Å². The first kappa shape index (κ1) is 11.2. The lowest BCUT2D eigenvalue weighted by Gasteiger charge is -2.41. The van der Waals surface area contributed by atoms with Gasteiger partial charge in [-0.15, -0.1) is 0 Å². The molecule has 1 N–H and O–H groups in total. The van der Waals surface area contributed by atoms with Gasteiger partial charge in [-0.2, -0.15) is 0 Å². The van der Waals surface area contributed by atoms with Crippen molar-refractivity contribution >= 4 is 5.69 Å². The zero-order chi connectivity index (χ0) is 11.4. The van der Waals surface area contributed by atoms with E-state index in [4.69, 9.17) is 4.74 Å². The molecule has 1 saturated carbocycles. The molecule has 3 nitrogen and oxygen atoms in total. The highest BCUT2D eigenvalue weighted by molar-refractivity contribution is 5.45. The number of pyridine rings is 1. The largest absolute Gasteiger partial charge is 0.481 e. The van der Waals surface area contributed by atoms with Crippen LogP contribution < -0.4 is 10.1 Å². The van der Waals surface area contributed by atoms with Crippen LogP contribution in [0.4, 0.5) is 5.69 Å². The lowest BCUT2D eigenvalue weighted by atomic mass is 9.67. The van der Waals surface area contributed by atoms with E-state index in [1.54, 1.807) is 13.3 Å². The highest BCUT2D eigenvalue weighted by atomic mass is 16.5. The van der Waals surface area contributed by atoms with Gasteiger partial charge in [0, 0.05) is 24.5 Å². The molecule has 1 aliphatic rings. The summed E-state index contributed by atoms with van der Waals surface area (Å²) in [6.45, 7) is 3.35. The van der Waals surface area contributed by atoms with Gasteiger partial charge >= 0.3 is 0 Å². The Morgan fingerprint density at radius 3 is 2.88 bits per heavy atom. The third-order valence-electron chi connectivity index (χ3n) is 3.78. The Kier molecular flexibility index (Phi) is 3.32. The first-order valence-electron chi connectivity index (χ1n) is 6.02. The zero-order valence-electron chi connectivity index (χ0n) is 10.1. The van der Waals surface area contributed by atoms with E-state index in [0.717, 1.165) is 12.2 Å². The van der Waals surface area contributed by atoms with Crippen LogP contribution in [-0.2, 0) is 0 Å². The molecule has 0 aliphatic heterocycles. The van der Waals surface area contributed by atoms with E-state index in [1.807, 2.05) is 12.1 Å². The number of ether oxygens (including phenoxy) is 1. The number of hydrogen-bond acceptors (Lipinski definition) is 3. The summed E-state index contributed by atoms with van der Waals surface area (Å²) in [4.78, 5) is 4.09. The molecule has 0 spiro atoms. The van der Waals surface area contributed by atoms with Crippen molar-refractivity contribution in [3.8, 4) is 5.88 Å². The Hall–Kier alpha value is -1.25. The Morgan fingerprint density at radius 1 is 1.50 bits per heavy atom. The molecule has 0 saturated heterocycles. The molecule has 2 rings (SSSR count). The minimum absolute atomic E-state index is 0.538. The Morgan fingerprint density at radius 2 is 2.31 bits per heavy atom. The molecular weight excluding hydrogens is 200 g/mol. The van der Waals surface area contributed by atoms with Gasteiger partial charge in [-0.3, -0.25) is 0 Å². The Bertz CT molecular complexity index is 342. The summed E-state index contributed by atoms with van der Waals surface area (Å²) in [6.07, 6.45) is 7.15. The molecular formula is C13H20N2O. The van der Waals surface area contributed by atoms with E-state index in [-0.39, 0.29) is 0 Å². The molecule has 1 aromatic rings. The van der Waals surface area contributed by atoms with Gasteiger partial charge in [-0.25, -0.2) is 4.98 Å². The number of aromatic nitrogens is 1. The fourth-order valence-electron chi connectivity index (χ4n) is 2.25. The van der Waals surface area contributed by atoms with Crippen molar-refractivity contribution in [1.29, 1.82) is 0 Å². The quantitative estimate of drug-likeness (QED) is 0.828. The molecule has 1 heterocycles. The minimum Gasteiger partial charge on any atom is -0.481 e. The molecule has 1 aliphatic carbocycles. The maximum absolute atomic E-state index is 5.10. The van der Waals surface area contributed by atoms with Crippen LogP contribution in [0.3, 0.4) is 0 Å². The third-order valence-corrected chi connectivity index (χ3v) is 3.78. The van der Waals surface area contributed by atoms with Crippen LogP contribution in [0.1, 0.15) is 32.6 Å². The van der Waals surface area contributed by atoms with Crippen LogP contribution in [0.25, 0.3) is 0 Å². The second-order valence-electron chi connectivity index (χ2n) is 4.65. The molecule has 1 fully saturated rings. The summed E-state index contributed by atoms with van der Waals surface area (Å²) in [6, 6.07) is 3.94. The van der Waals surface area contributed by atoms with Gasteiger partial charge in [0.2, 0.25) is 5.88 Å². The molecule has 0 aromatic carbocycles. The summed E-state index contributed by atoms with van der Waals surface area (Å²) in [5.74, 6) is 0.671. The predicted molar refractivity (Wildman–Crippen MR) is 65.9 cm³/mol. The van der Waals surface area contributed by atoms with Gasteiger partial charge in [-0.1, -0.05) is 13.3 Å². The van der Waals surface area contributed by atoms with Crippen LogP contribution in [-0.4, -0.2) is 18.6 Å². The molecule has 0 radical (unpaired) electrons. The minimum atomic E-state index is 0.538. The standard InChI is InChI=1S/C13H20N2O/c1-3-13(6-4-7-13)10-15-11-5-8-14-12(9-11)16-2/h5,8-9H,3-4,6-7,10H2,1-2H3,(H,14,15). The molecule has 16 heavy (non-hydrogen) atoms. The van der Waals surface area contributed by atoms with Gasteiger partial charge in [0.15, 0.2) is 0 Å². The monoisotopic (exact) mass is 220 g/mol. The van der Waals surface area contributed by atoms with Gasteiger partial charge in [0.1, 0.15) is 0 Å². The molecule has 88 valence electrons. The third kappa shape index (κ3) is 2.29. The van der Waals surface area contributed by atoms with E-state index in [0.29, 0.717) is 11.3 Å². The van der Waals surface area contributed by atoms with Crippen molar-refractivity contribution in [2.45, 2.75) is 32.6 Å². The first-order valence-corrected chi connectivity index (χ1v) is 6.02. The van der Waals surface area contributed by atoms with Gasteiger partial charge in [-0.05, 0) is 30.7 Å². The zero-order valence-corrected chi connectivity index (χ0v) is 10.1. The summed E-state index contributed by atoms with van der Waals surface area (Å²) in [5.41, 5.74) is 1.64. The van der Waals surface area contributed by atoms with Crippen molar-refractivity contribution < 1.29 is 4.74 Å². The lowest BCUT2D eigenvalue weighted by molar-refractivity contribution is 0.145. The van der Waals surface area contributed by atoms with Gasteiger partial charge < -0.3 is 10.1 Å². The number of rotatable bonds is 5. The Labute approximate surface area is 97.2 Å². The molecule has 0 amide bonds. The predicted octanol–water partition coefficient (Wildman–Crippen LogP) is 3.08. The number of hydrogen-bond donors (Lipinski definition) is 1. The number of nitrogens with one attached hydrogen (secondary N) is 1. The lowest BCUT2D eigenvalue weighted by Crippen LogP contribution is -2.35. The topological polar surface area (TPSA) is 34.2 Å². The van der Waals surface area contributed by atoms with Crippen molar-refractivity contribution in [3.05, 3.63) is 18.3 Å². The Balaban J connectivity index is 1.93. The molecule has 3 heteroatoms. The summed E-state index contributed by atoms with van der Waals surface area (Å²) in [7, 11) is 1.64. The highest BCUT2D eigenvalue weighted by Crippen LogP contribution is 2.43. The van der Waals surface area contributed by atoms with E-state index in [2.05, 4.69) is 17.2 Å². The van der Waals surface area contributed by atoms with Crippen LogP contribution >= 0.6 is 0 Å². The van der Waals surface area contributed by atoms with E-state index < -0.39 is 0 Å². The van der Waals surface area contributed by atoms with E-state index in [9.17, 15) is 0 Å². The van der Waals surface area contributed by atoms with Crippen molar-refractivity contribution in [2.75, 3.05) is 19.0 Å². The van der Waals surface area contributed by atoms with Crippen LogP contribution in [0, 0.1) is 5.41 Å².